The minimum Gasteiger partial charge on any atom is -0.491 e. The molecule has 0 spiro atoms. The number of benzene rings is 1. The Balaban J connectivity index is 1.72. The number of rotatable bonds is 9. The van der Waals surface area contributed by atoms with Crippen molar-refractivity contribution < 1.29 is 9.53 Å². The van der Waals surface area contributed by atoms with Gasteiger partial charge in [0.05, 0.1) is 6.10 Å². The number of carbonyl (C=O) groups is 1. The molecule has 156 valence electrons. The minimum absolute atomic E-state index is 0.130. The van der Waals surface area contributed by atoms with E-state index in [1.165, 1.54) is 31.2 Å². The number of hydrogen-bond donors (Lipinski definition) is 3. The summed E-state index contributed by atoms with van der Waals surface area (Å²) in [5.74, 6) is 2.35. The van der Waals surface area contributed by atoms with Gasteiger partial charge in [0.1, 0.15) is 5.75 Å². The molecule has 1 amide bonds. The number of nitrogens with one attached hydrogen (secondary N) is 3. The van der Waals surface area contributed by atoms with E-state index >= 15 is 0 Å². The van der Waals surface area contributed by atoms with Crippen LogP contribution in [0, 0.1) is 12.8 Å². The van der Waals surface area contributed by atoms with Crippen LogP contribution in [0.4, 0.5) is 0 Å². The lowest BCUT2D eigenvalue weighted by atomic mass is 10.0. The summed E-state index contributed by atoms with van der Waals surface area (Å²) in [5.41, 5.74) is 2.27. The summed E-state index contributed by atoms with van der Waals surface area (Å²) in [6.45, 7) is 7.97. The van der Waals surface area contributed by atoms with Crippen LogP contribution >= 0.6 is 0 Å². The van der Waals surface area contributed by atoms with Crippen molar-refractivity contribution in [3.05, 3.63) is 29.3 Å². The fourth-order valence-electron chi connectivity index (χ4n) is 3.50. The SMILES string of the molecule is CN=C(NCCNC(=O)CC1CCCC1)NCc1ccc(C)cc1OC(C)C. The summed E-state index contributed by atoms with van der Waals surface area (Å²) in [6, 6.07) is 6.23. The van der Waals surface area contributed by atoms with Gasteiger partial charge in [-0.2, -0.15) is 0 Å². The quantitative estimate of drug-likeness (QED) is 0.345. The average Bonchev–Trinajstić information content (AvgIpc) is 3.15. The highest BCUT2D eigenvalue weighted by atomic mass is 16.5. The molecule has 1 aromatic carbocycles. The van der Waals surface area contributed by atoms with Gasteiger partial charge >= 0.3 is 0 Å². The van der Waals surface area contributed by atoms with Crippen LogP contribution in [0.25, 0.3) is 0 Å². The summed E-state index contributed by atoms with van der Waals surface area (Å²) in [6.07, 6.45) is 5.73. The molecule has 6 heteroatoms. The number of aliphatic imine (C=N–C) groups is 1. The molecule has 6 nitrogen and oxygen atoms in total. The van der Waals surface area contributed by atoms with Gasteiger partial charge in [-0.15, -0.1) is 0 Å². The van der Waals surface area contributed by atoms with E-state index in [4.69, 9.17) is 4.74 Å². The Morgan fingerprint density at radius 2 is 1.89 bits per heavy atom. The van der Waals surface area contributed by atoms with Gasteiger partial charge in [-0.05, 0) is 51.2 Å². The second-order valence-electron chi connectivity index (χ2n) is 7.83. The molecule has 3 N–H and O–H groups in total. The van der Waals surface area contributed by atoms with Gasteiger partial charge in [0, 0.05) is 38.7 Å². The standard InChI is InChI=1S/C22H36N4O2/c1-16(2)28-20-13-17(3)9-10-19(20)15-26-22(23-4)25-12-11-24-21(27)14-18-7-5-6-8-18/h9-10,13,16,18H,5-8,11-12,14-15H2,1-4H3,(H,24,27)(H2,23,25,26). The molecule has 0 bridgehead atoms. The Labute approximate surface area is 169 Å². The van der Waals surface area contributed by atoms with Gasteiger partial charge in [-0.1, -0.05) is 25.0 Å². The predicted octanol–water partition coefficient (Wildman–Crippen LogP) is 3.14. The van der Waals surface area contributed by atoms with Crippen molar-refractivity contribution in [1.82, 2.24) is 16.0 Å². The van der Waals surface area contributed by atoms with Crippen molar-refractivity contribution in [3.8, 4) is 5.75 Å². The number of nitrogens with zero attached hydrogens (tertiary/aromatic N) is 1. The third-order valence-electron chi connectivity index (χ3n) is 4.94. The Hall–Kier alpha value is -2.24. The van der Waals surface area contributed by atoms with Crippen molar-refractivity contribution in [1.29, 1.82) is 0 Å². The lowest BCUT2D eigenvalue weighted by molar-refractivity contribution is -0.121. The van der Waals surface area contributed by atoms with Crippen LogP contribution in [0.5, 0.6) is 5.75 Å². The molecule has 0 saturated heterocycles. The molecule has 1 aromatic rings. The lowest BCUT2D eigenvalue weighted by Crippen LogP contribution is -2.41. The third-order valence-corrected chi connectivity index (χ3v) is 4.94. The molecule has 28 heavy (non-hydrogen) atoms. The Morgan fingerprint density at radius 3 is 2.57 bits per heavy atom. The van der Waals surface area contributed by atoms with Crippen LogP contribution < -0.4 is 20.7 Å². The molecule has 1 fully saturated rings. The molecule has 0 aliphatic heterocycles. The molecule has 0 aromatic heterocycles. The lowest BCUT2D eigenvalue weighted by Gasteiger charge is -2.17. The number of guanidine groups is 1. The fraction of sp³-hybridized carbons (Fsp3) is 0.636. The second kappa shape index (κ2) is 11.6. The van der Waals surface area contributed by atoms with Crippen LogP contribution in [-0.2, 0) is 11.3 Å². The van der Waals surface area contributed by atoms with Crippen molar-refractivity contribution in [3.63, 3.8) is 0 Å². The van der Waals surface area contributed by atoms with Gasteiger partial charge in [0.25, 0.3) is 0 Å². The highest BCUT2D eigenvalue weighted by Crippen LogP contribution is 2.27. The van der Waals surface area contributed by atoms with Gasteiger partial charge in [0.15, 0.2) is 5.96 Å². The maximum absolute atomic E-state index is 12.0. The van der Waals surface area contributed by atoms with Gasteiger partial charge < -0.3 is 20.7 Å². The molecule has 0 atom stereocenters. The molecule has 2 rings (SSSR count). The van der Waals surface area contributed by atoms with E-state index in [0.717, 1.165) is 11.3 Å². The first-order valence-corrected chi connectivity index (χ1v) is 10.5. The van der Waals surface area contributed by atoms with E-state index in [-0.39, 0.29) is 12.0 Å². The van der Waals surface area contributed by atoms with E-state index in [9.17, 15) is 4.79 Å². The summed E-state index contributed by atoms with van der Waals surface area (Å²) in [7, 11) is 1.74. The van der Waals surface area contributed by atoms with Gasteiger partial charge in [-0.3, -0.25) is 9.79 Å². The monoisotopic (exact) mass is 388 g/mol. The van der Waals surface area contributed by atoms with Crippen LogP contribution in [0.1, 0.15) is 57.1 Å². The average molecular weight is 389 g/mol. The second-order valence-corrected chi connectivity index (χ2v) is 7.83. The van der Waals surface area contributed by atoms with Crippen molar-refractivity contribution in [2.45, 2.75) is 65.5 Å². The molecule has 1 aliphatic rings. The highest BCUT2D eigenvalue weighted by molar-refractivity contribution is 5.80. The number of amides is 1. The predicted molar refractivity (Wildman–Crippen MR) is 115 cm³/mol. The molecular weight excluding hydrogens is 352 g/mol. The highest BCUT2D eigenvalue weighted by Gasteiger charge is 2.18. The molecule has 0 unspecified atom stereocenters. The van der Waals surface area contributed by atoms with Gasteiger partial charge in [-0.25, -0.2) is 0 Å². The summed E-state index contributed by atoms with van der Waals surface area (Å²) in [5, 5.41) is 9.55. The van der Waals surface area contributed by atoms with Crippen molar-refractivity contribution in [2.75, 3.05) is 20.1 Å². The zero-order valence-corrected chi connectivity index (χ0v) is 17.8. The first-order chi connectivity index (χ1) is 13.5. The molecular formula is C22H36N4O2. The molecule has 1 aliphatic carbocycles. The summed E-state index contributed by atoms with van der Waals surface area (Å²) in [4.78, 5) is 16.2. The topological polar surface area (TPSA) is 74.8 Å². The smallest absolute Gasteiger partial charge is 0.220 e. The maximum Gasteiger partial charge on any atom is 0.220 e. The van der Waals surface area contributed by atoms with Crippen LogP contribution in [-0.4, -0.2) is 38.1 Å². The first-order valence-electron chi connectivity index (χ1n) is 10.5. The largest absolute Gasteiger partial charge is 0.491 e. The number of ether oxygens (including phenoxy) is 1. The summed E-state index contributed by atoms with van der Waals surface area (Å²) >= 11 is 0. The zero-order valence-electron chi connectivity index (χ0n) is 17.8. The van der Waals surface area contributed by atoms with Crippen molar-refractivity contribution in [2.24, 2.45) is 10.9 Å². The maximum atomic E-state index is 12.0. The van der Waals surface area contributed by atoms with Crippen LogP contribution in [0.2, 0.25) is 0 Å². The van der Waals surface area contributed by atoms with E-state index in [1.807, 2.05) is 13.8 Å². The van der Waals surface area contributed by atoms with E-state index in [1.54, 1.807) is 7.05 Å². The van der Waals surface area contributed by atoms with Crippen molar-refractivity contribution >= 4 is 11.9 Å². The van der Waals surface area contributed by atoms with E-state index in [0.29, 0.717) is 37.9 Å². The molecule has 0 radical (unpaired) electrons. The number of hydrogen-bond acceptors (Lipinski definition) is 3. The Bertz CT molecular complexity index is 652. The Kier molecular flexibility index (Phi) is 9.11. The van der Waals surface area contributed by atoms with Crippen LogP contribution in [0.3, 0.4) is 0 Å². The van der Waals surface area contributed by atoms with E-state index in [2.05, 4.69) is 46.1 Å². The van der Waals surface area contributed by atoms with Gasteiger partial charge in [0.2, 0.25) is 5.91 Å². The normalized spacial score (nSPS) is 15.0. The first kappa shape index (κ1) is 22.1. The minimum atomic E-state index is 0.130. The zero-order chi connectivity index (χ0) is 20.4. The molecule has 0 heterocycles. The third kappa shape index (κ3) is 7.79. The van der Waals surface area contributed by atoms with Crippen LogP contribution in [0.15, 0.2) is 23.2 Å². The molecule has 1 saturated carbocycles. The number of carbonyl (C=O) groups excluding carboxylic acids is 1. The Morgan fingerprint density at radius 1 is 1.18 bits per heavy atom. The fourth-order valence-corrected chi connectivity index (χ4v) is 3.50. The number of aryl methyl sites for hydroxylation is 1. The van der Waals surface area contributed by atoms with E-state index < -0.39 is 0 Å². The summed E-state index contributed by atoms with van der Waals surface area (Å²) < 4.78 is 5.92.